The number of aryl methyl sites for hydroxylation is 1. The molecule has 108 valence electrons. The summed E-state index contributed by atoms with van der Waals surface area (Å²) < 4.78 is 0. The Kier molecular flexibility index (Phi) is 16.3. The molecule has 3 nitrogen and oxygen atoms in total. The van der Waals surface area contributed by atoms with Crippen LogP contribution in [0.1, 0.15) is 18.1 Å². The van der Waals surface area contributed by atoms with Crippen molar-refractivity contribution in [1.29, 1.82) is 0 Å². The van der Waals surface area contributed by atoms with Crippen LogP contribution in [0.3, 0.4) is 0 Å². The number of carbonyl (C=O) groups is 1. The summed E-state index contributed by atoms with van der Waals surface area (Å²) >= 11 is 4.41. The van der Waals surface area contributed by atoms with Gasteiger partial charge in [-0.1, -0.05) is 47.8 Å². The van der Waals surface area contributed by atoms with Gasteiger partial charge in [0.2, 0.25) is 0 Å². The third-order valence-corrected chi connectivity index (χ3v) is 2.36. The molecule has 1 aromatic carbocycles. The Morgan fingerprint density at radius 3 is 2.52 bits per heavy atom. The Morgan fingerprint density at radius 2 is 2.05 bits per heavy atom. The Balaban J connectivity index is 0. The smallest absolute Gasteiger partial charge is 0.484 e. The van der Waals surface area contributed by atoms with Crippen LogP contribution in [0, 0.1) is 19.9 Å². The van der Waals surface area contributed by atoms with Crippen LogP contribution in [-0.2, 0) is 4.79 Å². The molecule has 0 aliphatic heterocycles. The van der Waals surface area contributed by atoms with E-state index in [1.54, 1.807) is 0 Å². The summed E-state index contributed by atoms with van der Waals surface area (Å²) in [5, 5.41) is 2.27. The van der Waals surface area contributed by atoms with Gasteiger partial charge in [0.05, 0.1) is 5.91 Å². The SMILES string of the molecule is C/C=C(/[C-]=CC(=O)N[C-]=S)c1ccccc1C.[CH2-]CN.[K+]. The van der Waals surface area contributed by atoms with Crippen LogP contribution < -0.4 is 62.4 Å². The van der Waals surface area contributed by atoms with E-state index in [2.05, 4.69) is 36.0 Å². The molecule has 0 spiro atoms. The average Bonchev–Trinajstić information content (AvgIpc) is 2.42. The predicted octanol–water partition coefficient (Wildman–Crippen LogP) is -0.509. The molecule has 0 saturated heterocycles. The van der Waals surface area contributed by atoms with Gasteiger partial charge in [-0.2, -0.15) is 6.08 Å². The van der Waals surface area contributed by atoms with Gasteiger partial charge in [0, 0.05) is 0 Å². The Hall–Kier alpha value is -0.144. The molecule has 0 aromatic heterocycles. The van der Waals surface area contributed by atoms with Crippen LogP contribution in [0.2, 0.25) is 0 Å². The van der Waals surface area contributed by atoms with Crippen LogP contribution in [-0.4, -0.2) is 17.9 Å². The fourth-order valence-electron chi connectivity index (χ4n) is 1.42. The summed E-state index contributed by atoms with van der Waals surface area (Å²) in [6, 6.07) is 7.95. The molecule has 1 rings (SSSR count). The van der Waals surface area contributed by atoms with Crippen LogP contribution >= 0.6 is 12.2 Å². The zero-order valence-electron chi connectivity index (χ0n) is 12.8. The molecule has 0 bridgehead atoms. The standard InChI is InChI=1S/C14H13NOS.C2H6N.K/c1-3-12(8-9-14(16)15-10-17)13-7-5-4-6-11(13)2;1-2-3;/h3-7,9H,1-2H3,(H,15,16,17);1-3H2;/q-2;-1;+1/b12-3-;;. The maximum Gasteiger partial charge on any atom is 1.00 e. The number of hydrogen-bond donors (Lipinski definition) is 2. The maximum atomic E-state index is 11.2. The fraction of sp³-hybridized carbons (Fsp3) is 0.188. The Morgan fingerprint density at radius 1 is 1.48 bits per heavy atom. The normalized spacial score (nSPS) is 10.2. The molecule has 0 atom stereocenters. The molecule has 0 aliphatic rings. The third-order valence-electron chi connectivity index (χ3n) is 2.26. The number of amides is 1. The second-order valence-electron chi connectivity index (χ2n) is 3.69. The van der Waals surface area contributed by atoms with Gasteiger partial charge >= 0.3 is 51.4 Å². The first-order chi connectivity index (χ1) is 9.60. The first-order valence-corrected chi connectivity index (χ1v) is 6.50. The van der Waals surface area contributed by atoms with E-state index in [4.69, 9.17) is 5.73 Å². The van der Waals surface area contributed by atoms with Crippen LogP contribution in [0.4, 0.5) is 0 Å². The van der Waals surface area contributed by atoms with E-state index >= 15 is 0 Å². The van der Waals surface area contributed by atoms with E-state index < -0.39 is 0 Å². The number of thiocarbonyl (C=S) groups is 1. The third kappa shape index (κ3) is 10.2. The molecule has 3 N–H and O–H groups in total. The van der Waals surface area contributed by atoms with Gasteiger partial charge in [-0.3, -0.25) is 0 Å². The first kappa shape index (κ1) is 23.1. The Labute approximate surface area is 175 Å². The van der Waals surface area contributed by atoms with Crippen molar-refractivity contribution < 1.29 is 56.2 Å². The number of nitrogens with one attached hydrogen (secondary N) is 1. The number of benzene rings is 1. The minimum atomic E-state index is -0.326. The van der Waals surface area contributed by atoms with Crippen molar-refractivity contribution in [1.82, 2.24) is 5.32 Å². The number of nitrogens with two attached hydrogens (primary N) is 1. The first-order valence-electron chi connectivity index (χ1n) is 6.09. The summed E-state index contributed by atoms with van der Waals surface area (Å²) in [5.41, 5.74) is 9.97. The second-order valence-corrected chi connectivity index (χ2v) is 3.89. The van der Waals surface area contributed by atoms with E-state index in [0.29, 0.717) is 6.54 Å². The predicted molar refractivity (Wildman–Crippen MR) is 87.8 cm³/mol. The quantitative estimate of drug-likeness (QED) is 0.196. The minimum Gasteiger partial charge on any atom is -0.484 e. The van der Waals surface area contributed by atoms with Gasteiger partial charge in [0.1, 0.15) is 0 Å². The van der Waals surface area contributed by atoms with E-state index in [1.807, 2.05) is 44.2 Å². The molecule has 0 unspecified atom stereocenters. The summed E-state index contributed by atoms with van der Waals surface area (Å²) in [4.78, 5) is 11.2. The number of allylic oxidation sites excluding steroid dienone is 3. The molecular formula is C16H19KN2OS-2. The van der Waals surface area contributed by atoms with Crippen molar-refractivity contribution in [2.24, 2.45) is 5.73 Å². The van der Waals surface area contributed by atoms with Crippen molar-refractivity contribution in [3.63, 3.8) is 0 Å². The van der Waals surface area contributed by atoms with Crippen LogP contribution in [0.25, 0.3) is 5.57 Å². The summed E-state index contributed by atoms with van der Waals surface area (Å²) in [6.45, 7) is 7.69. The zero-order chi connectivity index (χ0) is 15.4. The molecule has 5 heteroatoms. The molecule has 0 radical (unpaired) electrons. The number of rotatable bonds is 4. The molecular weight excluding hydrogens is 307 g/mol. The van der Waals surface area contributed by atoms with Crippen molar-refractivity contribution in [3.8, 4) is 0 Å². The summed E-state index contributed by atoms with van der Waals surface area (Å²) in [6.07, 6.45) is 6.18. The fourth-order valence-corrected chi connectivity index (χ4v) is 1.52. The van der Waals surface area contributed by atoms with Gasteiger partial charge < -0.3 is 22.8 Å². The molecule has 0 fully saturated rings. The van der Waals surface area contributed by atoms with Crippen molar-refractivity contribution in [3.05, 3.63) is 60.5 Å². The van der Waals surface area contributed by atoms with Crippen molar-refractivity contribution in [2.45, 2.75) is 13.8 Å². The van der Waals surface area contributed by atoms with E-state index in [9.17, 15) is 4.79 Å². The second kappa shape index (κ2) is 14.8. The van der Waals surface area contributed by atoms with Gasteiger partial charge in [0.15, 0.2) is 0 Å². The van der Waals surface area contributed by atoms with Gasteiger partial charge in [0.25, 0.3) is 0 Å². The van der Waals surface area contributed by atoms with Crippen LogP contribution in [0.15, 0.2) is 36.4 Å². The van der Waals surface area contributed by atoms with Crippen molar-refractivity contribution >= 4 is 29.2 Å². The van der Waals surface area contributed by atoms with Gasteiger partial charge in [-0.25, -0.2) is 12.2 Å². The van der Waals surface area contributed by atoms with E-state index in [1.165, 1.54) is 6.08 Å². The van der Waals surface area contributed by atoms with Crippen molar-refractivity contribution in [2.75, 3.05) is 6.54 Å². The monoisotopic (exact) mass is 326 g/mol. The van der Waals surface area contributed by atoms with Crippen LogP contribution in [0.5, 0.6) is 0 Å². The zero-order valence-corrected chi connectivity index (χ0v) is 16.7. The molecule has 0 saturated carbocycles. The molecule has 0 heterocycles. The molecule has 1 amide bonds. The maximum absolute atomic E-state index is 11.2. The Bertz CT molecular complexity index is 499. The molecule has 1 aromatic rings. The van der Waals surface area contributed by atoms with E-state index in [-0.39, 0.29) is 57.3 Å². The number of carbonyl (C=O) groups excluding carboxylic acids is 1. The average molecular weight is 327 g/mol. The summed E-state index contributed by atoms with van der Waals surface area (Å²) in [5.74, 6) is -0.326. The number of hydrogen-bond acceptors (Lipinski definition) is 3. The van der Waals surface area contributed by atoms with E-state index in [0.717, 1.165) is 16.7 Å². The largest absolute Gasteiger partial charge is 1.00 e. The minimum absolute atomic E-state index is 0. The van der Waals surface area contributed by atoms with Gasteiger partial charge in [-0.05, 0) is 6.92 Å². The topological polar surface area (TPSA) is 55.1 Å². The molecule has 0 aliphatic carbocycles. The van der Waals surface area contributed by atoms with Gasteiger partial charge in [-0.15, -0.1) is 24.3 Å². The summed E-state index contributed by atoms with van der Waals surface area (Å²) in [7, 11) is 0. The molecule has 21 heavy (non-hydrogen) atoms.